The van der Waals surface area contributed by atoms with E-state index in [4.69, 9.17) is 4.74 Å². The van der Waals surface area contributed by atoms with Gasteiger partial charge in [-0.25, -0.2) is 4.79 Å². The number of allylic oxidation sites excluding steroid dienone is 1. The summed E-state index contributed by atoms with van der Waals surface area (Å²) in [4.78, 5) is 11.3. The minimum Gasteiger partial charge on any atom is -0.456 e. The van der Waals surface area contributed by atoms with E-state index in [9.17, 15) is 4.79 Å². The summed E-state index contributed by atoms with van der Waals surface area (Å²) in [5.74, 6) is -0.189. The predicted octanol–water partition coefficient (Wildman–Crippen LogP) is 2.83. The molecule has 0 saturated heterocycles. The van der Waals surface area contributed by atoms with E-state index in [1.54, 1.807) is 6.08 Å². The fourth-order valence-electron chi connectivity index (χ4n) is 1.93. The lowest BCUT2D eigenvalue weighted by Crippen LogP contribution is -2.30. The Labute approximate surface area is 80.0 Å². The van der Waals surface area contributed by atoms with Gasteiger partial charge in [0.15, 0.2) is 0 Å². The van der Waals surface area contributed by atoms with E-state index in [-0.39, 0.29) is 11.6 Å². The summed E-state index contributed by atoms with van der Waals surface area (Å²) >= 11 is 0. The monoisotopic (exact) mass is 182 g/mol. The minimum atomic E-state index is -0.189. The van der Waals surface area contributed by atoms with Crippen molar-refractivity contribution in [2.45, 2.75) is 51.6 Å². The van der Waals surface area contributed by atoms with Crippen LogP contribution in [0.5, 0.6) is 0 Å². The van der Waals surface area contributed by atoms with E-state index < -0.39 is 0 Å². The van der Waals surface area contributed by atoms with Gasteiger partial charge in [-0.3, -0.25) is 0 Å². The second-order valence-corrected chi connectivity index (χ2v) is 3.66. The van der Waals surface area contributed by atoms with Crippen molar-refractivity contribution in [3.8, 4) is 0 Å². The van der Waals surface area contributed by atoms with Crippen molar-refractivity contribution in [1.29, 1.82) is 0 Å². The Hall–Kier alpha value is -0.790. The third kappa shape index (κ3) is 2.58. The van der Waals surface area contributed by atoms with Crippen molar-refractivity contribution in [1.82, 2.24) is 0 Å². The van der Waals surface area contributed by atoms with Crippen molar-refractivity contribution in [2.75, 3.05) is 0 Å². The van der Waals surface area contributed by atoms with Crippen LogP contribution in [0, 0.1) is 0 Å². The van der Waals surface area contributed by atoms with Gasteiger partial charge in [-0.2, -0.15) is 0 Å². The fraction of sp³-hybridized carbons (Fsp3) is 0.727. The Bertz CT molecular complexity index is 200. The van der Waals surface area contributed by atoms with Crippen LogP contribution >= 0.6 is 0 Å². The number of rotatable bonds is 3. The molecule has 13 heavy (non-hydrogen) atoms. The van der Waals surface area contributed by atoms with Gasteiger partial charge in [-0.15, -0.1) is 0 Å². The van der Waals surface area contributed by atoms with Crippen molar-refractivity contribution in [3.63, 3.8) is 0 Å². The zero-order valence-corrected chi connectivity index (χ0v) is 8.51. The molecule has 0 aromatic heterocycles. The van der Waals surface area contributed by atoms with E-state index in [0.717, 1.165) is 19.3 Å². The minimum absolute atomic E-state index is 0.142. The first kappa shape index (κ1) is 10.3. The maximum Gasteiger partial charge on any atom is 0.330 e. The Morgan fingerprint density at radius 1 is 1.46 bits per heavy atom. The first-order valence-corrected chi connectivity index (χ1v) is 5.08. The molecule has 1 rings (SSSR count). The molecule has 0 aliphatic heterocycles. The molecule has 2 nitrogen and oxygen atoms in total. The van der Waals surface area contributed by atoms with Crippen LogP contribution in [0.15, 0.2) is 12.2 Å². The fourth-order valence-corrected chi connectivity index (χ4v) is 1.93. The predicted molar refractivity (Wildman–Crippen MR) is 52.4 cm³/mol. The van der Waals surface area contributed by atoms with Gasteiger partial charge < -0.3 is 4.74 Å². The van der Waals surface area contributed by atoms with Crippen molar-refractivity contribution < 1.29 is 9.53 Å². The van der Waals surface area contributed by atoms with Crippen LogP contribution in [0.4, 0.5) is 0 Å². The number of hydrogen-bond donors (Lipinski definition) is 0. The zero-order valence-electron chi connectivity index (χ0n) is 8.51. The summed E-state index contributed by atoms with van der Waals surface area (Å²) in [6, 6.07) is 0. The summed E-state index contributed by atoms with van der Waals surface area (Å²) in [5.41, 5.74) is -0.142. The van der Waals surface area contributed by atoms with Gasteiger partial charge in [-0.05, 0) is 39.0 Å². The summed E-state index contributed by atoms with van der Waals surface area (Å²) in [6.45, 7) is 3.92. The summed E-state index contributed by atoms with van der Waals surface area (Å²) in [7, 11) is 0. The lowest BCUT2D eigenvalue weighted by atomic mass is 9.99. The third-order valence-corrected chi connectivity index (χ3v) is 2.78. The number of hydrogen-bond acceptors (Lipinski definition) is 2. The maximum atomic E-state index is 11.3. The van der Waals surface area contributed by atoms with Gasteiger partial charge in [0, 0.05) is 6.08 Å². The molecule has 74 valence electrons. The highest BCUT2D eigenvalue weighted by atomic mass is 16.6. The van der Waals surface area contributed by atoms with E-state index in [0.29, 0.717) is 0 Å². The molecule has 1 aliphatic carbocycles. The van der Waals surface area contributed by atoms with E-state index in [1.807, 2.05) is 6.92 Å². The summed E-state index contributed by atoms with van der Waals surface area (Å²) in [6.07, 6.45) is 8.61. The molecule has 0 spiro atoms. The first-order chi connectivity index (χ1) is 6.22. The molecule has 1 fully saturated rings. The second-order valence-electron chi connectivity index (χ2n) is 3.66. The quantitative estimate of drug-likeness (QED) is 0.495. The topological polar surface area (TPSA) is 26.3 Å². The van der Waals surface area contributed by atoms with Crippen LogP contribution in [0.25, 0.3) is 0 Å². The molecule has 0 aromatic carbocycles. The Balaban J connectivity index is 2.52. The molecule has 0 heterocycles. The lowest BCUT2D eigenvalue weighted by molar-refractivity contribution is -0.153. The normalized spacial score (nSPS) is 20.8. The highest BCUT2D eigenvalue weighted by Gasteiger charge is 2.35. The standard InChI is InChI=1S/C11H18O2/c1-3-7-10(12)13-11(4-2)8-5-6-9-11/h3,7H,4-6,8-9H2,1-2H3. The van der Waals surface area contributed by atoms with Crippen molar-refractivity contribution in [2.24, 2.45) is 0 Å². The van der Waals surface area contributed by atoms with E-state index in [2.05, 4.69) is 6.92 Å². The number of esters is 1. The molecule has 0 amide bonds. The highest BCUT2D eigenvalue weighted by Crippen LogP contribution is 2.35. The van der Waals surface area contributed by atoms with Crippen molar-refractivity contribution >= 4 is 5.97 Å². The molecule has 2 heteroatoms. The molecule has 0 atom stereocenters. The van der Waals surface area contributed by atoms with Crippen LogP contribution in [0.2, 0.25) is 0 Å². The average molecular weight is 182 g/mol. The molecular formula is C11H18O2. The van der Waals surface area contributed by atoms with Gasteiger partial charge in [0.05, 0.1) is 0 Å². The lowest BCUT2D eigenvalue weighted by Gasteiger charge is -2.26. The molecule has 1 aliphatic rings. The first-order valence-electron chi connectivity index (χ1n) is 5.08. The van der Waals surface area contributed by atoms with Crippen LogP contribution < -0.4 is 0 Å². The highest BCUT2D eigenvalue weighted by molar-refractivity contribution is 5.82. The summed E-state index contributed by atoms with van der Waals surface area (Å²) < 4.78 is 5.46. The van der Waals surface area contributed by atoms with Gasteiger partial charge in [-0.1, -0.05) is 13.0 Å². The average Bonchev–Trinajstić information content (AvgIpc) is 2.54. The number of ether oxygens (including phenoxy) is 1. The SMILES string of the molecule is CC=CC(=O)OC1(CC)CCCC1. The third-order valence-electron chi connectivity index (χ3n) is 2.78. The van der Waals surface area contributed by atoms with Crippen LogP contribution in [0.1, 0.15) is 46.0 Å². The van der Waals surface area contributed by atoms with Crippen LogP contribution in [-0.4, -0.2) is 11.6 Å². The zero-order chi connectivity index (χ0) is 9.73. The van der Waals surface area contributed by atoms with Gasteiger partial charge in [0.25, 0.3) is 0 Å². The number of carbonyl (C=O) groups is 1. The smallest absolute Gasteiger partial charge is 0.330 e. The molecule has 0 N–H and O–H groups in total. The molecule has 0 bridgehead atoms. The number of carbonyl (C=O) groups excluding carboxylic acids is 1. The maximum absolute atomic E-state index is 11.3. The molecule has 0 unspecified atom stereocenters. The molecular weight excluding hydrogens is 164 g/mol. The molecule has 1 saturated carbocycles. The van der Waals surface area contributed by atoms with Gasteiger partial charge >= 0.3 is 5.97 Å². The summed E-state index contributed by atoms with van der Waals surface area (Å²) in [5, 5.41) is 0. The van der Waals surface area contributed by atoms with Gasteiger partial charge in [0.1, 0.15) is 5.60 Å². The van der Waals surface area contributed by atoms with Crippen LogP contribution in [-0.2, 0) is 9.53 Å². The molecule has 0 aromatic rings. The Morgan fingerprint density at radius 2 is 2.08 bits per heavy atom. The largest absolute Gasteiger partial charge is 0.456 e. The van der Waals surface area contributed by atoms with E-state index in [1.165, 1.54) is 18.9 Å². The second kappa shape index (κ2) is 4.45. The Kier molecular flexibility index (Phi) is 3.52. The van der Waals surface area contributed by atoms with E-state index >= 15 is 0 Å². The van der Waals surface area contributed by atoms with Gasteiger partial charge in [0.2, 0.25) is 0 Å². The van der Waals surface area contributed by atoms with Crippen LogP contribution in [0.3, 0.4) is 0 Å². The van der Waals surface area contributed by atoms with Crippen molar-refractivity contribution in [3.05, 3.63) is 12.2 Å². The molecule has 0 radical (unpaired) electrons. The Morgan fingerprint density at radius 3 is 2.54 bits per heavy atom.